The van der Waals surface area contributed by atoms with Crippen LogP contribution in [-0.2, 0) is 23.6 Å². The molecule has 0 saturated carbocycles. The summed E-state index contributed by atoms with van der Waals surface area (Å²) in [6, 6.07) is 0. The number of rotatable bonds is 9. The van der Waals surface area contributed by atoms with Gasteiger partial charge in [-0.15, -0.1) is 0 Å². The fraction of sp³-hybridized carbons (Fsp3) is 0.625. The van der Waals surface area contributed by atoms with Gasteiger partial charge in [0, 0.05) is 0 Å². The van der Waals surface area contributed by atoms with Gasteiger partial charge >= 0.3 is 13.6 Å². The molecule has 0 spiro atoms. The van der Waals surface area contributed by atoms with Crippen LogP contribution in [-0.4, -0.2) is 88.6 Å². The number of hydrogen-bond acceptors (Lipinski definition) is 12. The minimum Gasteiger partial charge on any atom is -0.464 e. The molecule has 2 aromatic heterocycles. The van der Waals surface area contributed by atoms with Crippen LogP contribution in [0.15, 0.2) is 11.5 Å². The molecule has 0 aromatic carbocycles. The first-order valence-electron chi connectivity index (χ1n) is 9.56. The number of anilines is 1. The molecule has 16 heteroatoms. The maximum atomic E-state index is 11.8. The summed E-state index contributed by atoms with van der Waals surface area (Å²) in [5, 5.41) is 21.3. The molecule has 1 fully saturated rings. The summed E-state index contributed by atoms with van der Waals surface area (Å²) < 4.78 is 28.3. The Bertz CT molecular complexity index is 1020. The Kier molecular flexibility index (Phi) is 7.73. The molecular formula is C16H24N5O9PS. The van der Waals surface area contributed by atoms with Gasteiger partial charge in [-0.1, -0.05) is 18.7 Å². The molecule has 32 heavy (non-hydrogen) atoms. The van der Waals surface area contributed by atoms with Crippen LogP contribution in [0.5, 0.6) is 0 Å². The Hall–Kier alpha value is -1.84. The predicted octanol–water partition coefficient (Wildman–Crippen LogP) is -0.777. The van der Waals surface area contributed by atoms with Crippen molar-refractivity contribution in [2.45, 2.75) is 49.4 Å². The van der Waals surface area contributed by atoms with Crippen molar-refractivity contribution in [3.05, 3.63) is 6.33 Å². The van der Waals surface area contributed by atoms with E-state index in [2.05, 4.69) is 19.7 Å². The highest BCUT2D eigenvalue weighted by Crippen LogP contribution is 2.43. The van der Waals surface area contributed by atoms with Crippen LogP contribution in [0.2, 0.25) is 0 Å². The molecule has 1 aliphatic heterocycles. The summed E-state index contributed by atoms with van der Waals surface area (Å²) in [4.78, 5) is 43.2. The van der Waals surface area contributed by atoms with E-state index in [9.17, 15) is 29.4 Å². The number of carbonyl (C=O) groups is 1. The van der Waals surface area contributed by atoms with Gasteiger partial charge in [0.15, 0.2) is 22.8 Å². The minimum atomic E-state index is -5.01. The van der Waals surface area contributed by atoms with Crippen molar-refractivity contribution in [2.24, 2.45) is 0 Å². The fourth-order valence-electron chi connectivity index (χ4n) is 3.10. The van der Waals surface area contributed by atoms with Gasteiger partial charge in [0.1, 0.15) is 23.8 Å². The van der Waals surface area contributed by atoms with Crippen LogP contribution < -0.4 is 5.73 Å². The molecule has 0 amide bonds. The van der Waals surface area contributed by atoms with Gasteiger partial charge in [0.25, 0.3) is 5.85 Å². The minimum absolute atomic E-state index is 0.112. The summed E-state index contributed by atoms with van der Waals surface area (Å²) in [5.74, 6) is -2.61. The van der Waals surface area contributed by atoms with Crippen LogP contribution >= 0.6 is 19.4 Å². The molecule has 0 bridgehead atoms. The van der Waals surface area contributed by atoms with E-state index in [1.165, 1.54) is 29.6 Å². The van der Waals surface area contributed by atoms with Crippen molar-refractivity contribution < 1.29 is 43.6 Å². The van der Waals surface area contributed by atoms with Gasteiger partial charge < -0.3 is 39.9 Å². The van der Waals surface area contributed by atoms with Crippen molar-refractivity contribution in [3.63, 3.8) is 0 Å². The molecular weight excluding hydrogens is 469 g/mol. The topological polar surface area (TPSA) is 212 Å². The Morgan fingerprint density at radius 1 is 1.34 bits per heavy atom. The molecule has 0 unspecified atom stereocenters. The van der Waals surface area contributed by atoms with E-state index in [4.69, 9.17) is 15.2 Å². The SMILES string of the molecule is CCOC(=O)[C@H](OC[C@H]1O[C@@H](n2cnc3c(N)nc(SCC)nc32)[C@H](O)[C@H]1O)P(=O)(O)O. The molecule has 178 valence electrons. The zero-order valence-corrected chi connectivity index (χ0v) is 18.8. The number of imidazole rings is 1. The summed E-state index contributed by atoms with van der Waals surface area (Å²) in [7, 11) is -5.01. The zero-order valence-electron chi connectivity index (χ0n) is 17.1. The second kappa shape index (κ2) is 9.97. The van der Waals surface area contributed by atoms with Crippen molar-refractivity contribution >= 4 is 42.3 Å². The first-order chi connectivity index (χ1) is 15.1. The number of aromatic nitrogens is 4. The van der Waals surface area contributed by atoms with E-state index in [1.54, 1.807) is 0 Å². The first-order valence-corrected chi connectivity index (χ1v) is 12.2. The number of aliphatic hydroxyl groups is 2. The molecule has 1 saturated heterocycles. The van der Waals surface area contributed by atoms with E-state index in [0.717, 1.165) is 0 Å². The third-order valence-corrected chi connectivity index (χ3v) is 6.23. The quantitative estimate of drug-likeness (QED) is 0.126. The standard InChI is InChI=1S/C16H24N5O9PS/c1-3-28-14(24)15(31(25,26)27)29-5-7-9(22)10(23)13(30-7)21-6-18-8-11(17)19-16(32-4-2)20-12(8)21/h6-7,9-10,13,15,22-23H,3-5H2,1-2H3,(H2,17,19,20)(H2,25,26,27)/t7-,9+,10-,13-,15-/m1/s1. The number of fused-ring (bicyclic) bond motifs is 1. The lowest BCUT2D eigenvalue weighted by molar-refractivity contribution is -0.155. The van der Waals surface area contributed by atoms with Crippen molar-refractivity contribution in [1.29, 1.82) is 0 Å². The predicted molar refractivity (Wildman–Crippen MR) is 110 cm³/mol. The van der Waals surface area contributed by atoms with Gasteiger partial charge in [-0.25, -0.2) is 19.7 Å². The second-order valence-corrected chi connectivity index (χ2v) is 9.60. The summed E-state index contributed by atoms with van der Waals surface area (Å²) >= 11 is 1.35. The number of esters is 1. The maximum absolute atomic E-state index is 11.8. The molecule has 3 rings (SSSR count). The third-order valence-electron chi connectivity index (χ3n) is 4.52. The Morgan fingerprint density at radius 3 is 2.69 bits per heavy atom. The molecule has 14 nitrogen and oxygen atoms in total. The van der Waals surface area contributed by atoms with E-state index in [1.807, 2.05) is 6.92 Å². The van der Waals surface area contributed by atoms with Crippen molar-refractivity contribution in [2.75, 3.05) is 24.7 Å². The number of thioether (sulfide) groups is 1. The number of aliphatic hydroxyl groups excluding tert-OH is 2. The van der Waals surface area contributed by atoms with Crippen LogP contribution in [0.25, 0.3) is 11.2 Å². The number of carbonyl (C=O) groups excluding carboxylic acids is 1. The van der Waals surface area contributed by atoms with E-state index in [-0.39, 0.29) is 23.6 Å². The van der Waals surface area contributed by atoms with Crippen LogP contribution in [0.3, 0.4) is 0 Å². The normalized spacial score (nSPS) is 24.7. The summed E-state index contributed by atoms with van der Waals surface area (Å²) in [6.07, 6.45) is -4.03. The van der Waals surface area contributed by atoms with Crippen LogP contribution in [0, 0.1) is 0 Å². The maximum Gasteiger partial charge on any atom is 0.365 e. The lowest BCUT2D eigenvalue weighted by atomic mass is 10.1. The summed E-state index contributed by atoms with van der Waals surface area (Å²) in [6.45, 7) is 2.66. The first kappa shape index (κ1) is 24.8. The number of nitrogens with two attached hydrogens (primary N) is 1. The van der Waals surface area contributed by atoms with Gasteiger partial charge in [0.05, 0.1) is 19.5 Å². The lowest BCUT2D eigenvalue weighted by Crippen LogP contribution is -2.36. The Morgan fingerprint density at radius 2 is 2.06 bits per heavy atom. The van der Waals surface area contributed by atoms with Gasteiger partial charge in [-0.05, 0) is 12.7 Å². The fourth-order valence-corrected chi connectivity index (χ4v) is 4.30. The summed E-state index contributed by atoms with van der Waals surface area (Å²) in [5.41, 5.74) is 6.48. The molecule has 3 heterocycles. The smallest absolute Gasteiger partial charge is 0.365 e. The Balaban J connectivity index is 1.81. The van der Waals surface area contributed by atoms with E-state index in [0.29, 0.717) is 10.9 Å². The average molecular weight is 493 g/mol. The highest BCUT2D eigenvalue weighted by atomic mass is 32.2. The van der Waals surface area contributed by atoms with Crippen LogP contribution in [0.1, 0.15) is 20.1 Å². The molecule has 5 atom stereocenters. The number of hydrogen-bond donors (Lipinski definition) is 5. The number of nitrogen functional groups attached to an aromatic ring is 1. The molecule has 0 radical (unpaired) electrons. The van der Waals surface area contributed by atoms with Crippen molar-refractivity contribution in [3.8, 4) is 0 Å². The second-order valence-electron chi connectivity index (χ2n) is 6.72. The van der Waals surface area contributed by atoms with Gasteiger partial charge in [0.2, 0.25) is 0 Å². The molecule has 1 aliphatic rings. The van der Waals surface area contributed by atoms with Crippen molar-refractivity contribution in [1.82, 2.24) is 19.5 Å². The molecule has 0 aliphatic carbocycles. The highest BCUT2D eigenvalue weighted by molar-refractivity contribution is 7.99. The zero-order chi connectivity index (χ0) is 23.6. The number of ether oxygens (including phenoxy) is 3. The number of nitrogens with zero attached hydrogens (tertiary/aromatic N) is 4. The monoisotopic (exact) mass is 493 g/mol. The molecule has 2 aromatic rings. The van der Waals surface area contributed by atoms with E-state index < -0.39 is 50.6 Å². The Labute approximate surface area is 186 Å². The average Bonchev–Trinajstić information content (AvgIpc) is 3.24. The van der Waals surface area contributed by atoms with Gasteiger partial charge in [-0.3, -0.25) is 9.13 Å². The lowest BCUT2D eigenvalue weighted by Gasteiger charge is -2.20. The van der Waals surface area contributed by atoms with E-state index >= 15 is 0 Å². The largest absolute Gasteiger partial charge is 0.464 e. The highest BCUT2D eigenvalue weighted by Gasteiger charge is 2.46. The van der Waals surface area contributed by atoms with Gasteiger partial charge in [-0.2, -0.15) is 0 Å². The molecule has 6 N–H and O–H groups in total. The van der Waals surface area contributed by atoms with Crippen LogP contribution in [0.4, 0.5) is 5.82 Å². The third kappa shape index (κ3) is 5.05.